The molecule has 5 N–H and O–H groups in total. The van der Waals surface area contributed by atoms with Gasteiger partial charge in [-0.25, -0.2) is 15.6 Å². The number of pyridine rings is 1. The molecular weight excluding hydrogens is 427 g/mol. The molecular formula is C21H32F3N5O3. The van der Waals surface area contributed by atoms with Crippen molar-refractivity contribution in [3.05, 3.63) is 29.2 Å². The van der Waals surface area contributed by atoms with Crippen molar-refractivity contribution in [3.63, 3.8) is 0 Å². The molecule has 2 rings (SSSR count). The average Bonchev–Trinajstić information content (AvgIpc) is 2.72. The molecule has 1 aromatic rings. The Kier molecular flexibility index (Phi) is 9.42. The minimum Gasteiger partial charge on any atom is -0.489 e. The van der Waals surface area contributed by atoms with Gasteiger partial charge in [-0.15, -0.1) is 0 Å². The summed E-state index contributed by atoms with van der Waals surface area (Å²) < 4.78 is 47.2. The molecule has 0 aliphatic heterocycles. The summed E-state index contributed by atoms with van der Waals surface area (Å²) in [6.45, 7) is 1.40. The Labute approximate surface area is 186 Å². The third-order valence-corrected chi connectivity index (χ3v) is 5.13. The van der Waals surface area contributed by atoms with Crippen LogP contribution in [0.5, 0.6) is 5.75 Å². The molecule has 0 spiro atoms. The lowest BCUT2D eigenvalue weighted by atomic mass is 9.98. The van der Waals surface area contributed by atoms with E-state index in [1.54, 1.807) is 13.1 Å². The van der Waals surface area contributed by atoms with Crippen molar-refractivity contribution in [3.8, 4) is 5.75 Å². The van der Waals surface area contributed by atoms with E-state index in [0.717, 1.165) is 25.7 Å². The molecule has 1 heterocycles. The van der Waals surface area contributed by atoms with Gasteiger partial charge in [0.2, 0.25) is 0 Å². The topological polar surface area (TPSA) is 116 Å². The number of alkyl halides is 3. The number of ether oxygens (including phenoxy) is 2. The van der Waals surface area contributed by atoms with Crippen molar-refractivity contribution in [1.29, 1.82) is 0 Å². The fourth-order valence-electron chi connectivity index (χ4n) is 3.39. The third kappa shape index (κ3) is 8.45. The second-order valence-electron chi connectivity index (χ2n) is 7.84. The summed E-state index contributed by atoms with van der Waals surface area (Å²) in [5.74, 6) is 6.55. The summed E-state index contributed by atoms with van der Waals surface area (Å²) in [4.78, 5) is 16.3. The van der Waals surface area contributed by atoms with Gasteiger partial charge in [0.15, 0.2) is 0 Å². The molecule has 0 radical (unpaired) electrons. The second kappa shape index (κ2) is 11.8. The number of amides is 1. The number of carbonyl (C=O) groups is 1. The van der Waals surface area contributed by atoms with Crippen LogP contribution >= 0.6 is 0 Å². The van der Waals surface area contributed by atoms with Gasteiger partial charge in [0.25, 0.3) is 0 Å². The minimum absolute atomic E-state index is 0.0853. The zero-order chi connectivity index (χ0) is 23.7. The maximum Gasteiger partial charge on any atom is 0.407 e. The van der Waals surface area contributed by atoms with E-state index in [1.165, 1.54) is 11.4 Å². The zero-order valence-electron chi connectivity index (χ0n) is 18.5. The van der Waals surface area contributed by atoms with Crippen LogP contribution in [0.25, 0.3) is 5.70 Å². The number of nitrogens with two attached hydrogens (primary N) is 2. The molecule has 0 bridgehead atoms. The number of alkyl carbamates (subject to hydrolysis) is 1. The summed E-state index contributed by atoms with van der Waals surface area (Å²) in [6.07, 6.45) is -0.654. The van der Waals surface area contributed by atoms with Crippen molar-refractivity contribution in [2.45, 2.75) is 64.1 Å². The van der Waals surface area contributed by atoms with E-state index in [9.17, 15) is 18.0 Å². The van der Waals surface area contributed by atoms with E-state index in [-0.39, 0.29) is 31.4 Å². The molecule has 11 heteroatoms. The Morgan fingerprint density at radius 1 is 1.28 bits per heavy atom. The number of hydrogen-bond donors (Lipinski definition) is 3. The lowest BCUT2D eigenvalue weighted by Crippen LogP contribution is -2.36. The highest BCUT2D eigenvalue weighted by molar-refractivity contribution is 5.69. The molecule has 0 aromatic carbocycles. The number of aryl methyl sites for hydroxylation is 1. The van der Waals surface area contributed by atoms with E-state index >= 15 is 0 Å². The number of aromatic nitrogens is 1. The SMILES string of the molecule is Cc1nc(/C(N)=C(\CNC(=O)OCCCC(F)(F)F)N(C)N)ccc1OC1CCCCC1. The zero-order valence-corrected chi connectivity index (χ0v) is 18.5. The Morgan fingerprint density at radius 2 is 1.97 bits per heavy atom. The molecule has 1 saturated carbocycles. The molecule has 8 nitrogen and oxygen atoms in total. The number of nitrogens with one attached hydrogen (secondary N) is 1. The fraction of sp³-hybridized carbons (Fsp3) is 0.619. The second-order valence-corrected chi connectivity index (χ2v) is 7.84. The number of likely N-dealkylation sites (N-methyl/N-ethyl adjacent to an activating group) is 1. The summed E-state index contributed by atoms with van der Waals surface area (Å²) in [5.41, 5.74) is 8.00. The number of halogens is 3. The summed E-state index contributed by atoms with van der Waals surface area (Å²) in [7, 11) is 1.55. The Bertz CT molecular complexity index is 793. The first-order chi connectivity index (χ1) is 15.1. The van der Waals surface area contributed by atoms with Crippen molar-refractivity contribution >= 4 is 11.8 Å². The molecule has 1 aliphatic carbocycles. The highest BCUT2D eigenvalue weighted by Crippen LogP contribution is 2.26. The first-order valence-electron chi connectivity index (χ1n) is 10.7. The maximum absolute atomic E-state index is 12.1. The largest absolute Gasteiger partial charge is 0.489 e. The molecule has 0 unspecified atom stereocenters. The van der Waals surface area contributed by atoms with Crippen molar-refractivity contribution in [2.24, 2.45) is 11.6 Å². The van der Waals surface area contributed by atoms with Crippen molar-refractivity contribution in [2.75, 3.05) is 20.2 Å². The maximum atomic E-state index is 12.1. The van der Waals surface area contributed by atoms with E-state index < -0.39 is 18.7 Å². The molecule has 1 aromatic heterocycles. The van der Waals surface area contributed by atoms with Crippen LogP contribution < -0.4 is 21.6 Å². The number of hydrazine groups is 1. The number of carbonyl (C=O) groups excluding carboxylic acids is 1. The van der Waals surface area contributed by atoms with Crippen LogP contribution in [0.15, 0.2) is 17.8 Å². The van der Waals surface area contributed by atoms with Crippen LogP contribution in [0, 0.1) is 6.92 Å². The van der Waals surface area contributed by atoms with Gasteiger partial charge in [-0.1, -0.05) is 6.42 Å². The number of rotatable bonds is 9. The predicted octanol–water partition coefficient (Wildman–Crippen LogP) is 3.60. The van der Waals surface area contributed by atoms with Crippen LogP contribution in [-0.4, -0.2) is 48.6 Å². The quantitative estimate of drug-likeness (QED) is 0.294. The first kappa shape index (κ1) is 25.6. The van der Waals surface area contributed by atoms with Crippen LogP contribution in [0.4, 0.5) is 18.0 Å². The van der Waals surface area contributed by atoms with Gasteiger partial charge in [-0.2, -0.15) is 13.2 Å². The highest BCUT2D eigenvalue weighted by atomic mass is 19.4. The molecule has 32 heavy (non-hydrogen) atoms. The molecule has 180 valence electrons. The standard InChI is InChI=1S/C21H32F3N5O3/c1-14-18(32-15-7-4-3-5-8-15)10-9-16(28-14)19(25)17(29(2)26)13-27-20(30)31-12-6-11-21(22,23)24/h9-10,15H,3-8,11-13,25-26H2,1-2H3,(H,27,30)/b19-17-. The van der Waals surface area contributed by atoms with Gasteiger partial charge in [0, 0.05) is 13.5 Å². The third-order valence-electron chi connectivity index (χ3n) is 5.13. The van der Waals surface area contributed by atoms with Crippen molar-refractivity contribution < 1.29 is 27.4 Å². The van der Waals surface area contributed by atoms with Crippen LogP contribution in [-0.2, 0) is 4.74 Å². The van der Waals surface area contributed by atoms with Crippen LogP contribution in [0.3, 0.4) is 0 Å². The smallest absolute Gasteiger partial charge is 0.407 e. The minimum atomic E-state index is -4.28. The monoisotopic (exact) mass is 459 g/mol. The fourth-order valence-corrected chi connectivity index (χ4v) is 3.39. The van der Waals surface area contributed by atoms with E-state index in [1.807, 2.05) is 13.0 Å². The summed E-state index contributed by atoms with van der Waals surface area (Å²) >= 11 is 0. The van der Waals surface area contributed by atoms with Crippen LogP contribution in [0.2, 0.25) is 0 Å². The van der Waals surface area contributed by atoms with Gasteiger partial charge in [0.1, 0.15) is 5.75 Å². The van der Waals surface area contributed by atoms with Gasteiger partial charge in [-0.3, -0.25) is 0 Å². The normalized spacial score (nSPS) is 15.7. The molecule has 0 atom stereocenters. The Hall–Kier alpha value is -2.69. The van der Waals surface area contributed by atoms with Gasteiger partial charge in [0.05, 0.1) is 42.0 Å². The van der Waals surface area contributed by atoms with E-state index in [2.05, 4.69) is 10.3 Å². The molecule has 0 saturated heterocycles. The Morgan fingerprint density at radius 3 is 2.56 bits per heavy atom. The summed E-state index contributed by atoms with van der Waals surface area (Å²) in [6, 6.07) is 3.54. The average molecular weight is 460 g/mol. The molecule has 1 aliphatic rings. The summed E-state index contributed by atoms with van der Waals surface area (Å²) in [5, 5.41) is 3.68. The predicted molar refractivity (Wildman–Crippen MR) is 114 cm³/mol. The lowest BCUT2D eigenvalue weighted by molar-refractivity contribution is -0.137. The highest BCUT2D eigenvalue weighted by Gasteiger charge is 2.26. The first-order valence-corrected chi connectivity index (χ1v) is 10.7. The van der Waals surface area contributed by atoms with E-state index in [4.69, 9.17) is 21.1 Å². The van der Waals surface area contributed by atoms with Gasteiger partial charge >= 0.3 is 12.3 Å². The van der Waals surface area contributed by atoms with Crippen molar-refractivity contribution in [1.82, 2.24) is 15.3 Å². The van der Waals surface area contributed by atoms with Gasteiger partial charge < -0.3 is 25.5 Å². The van der Waals surface area contributed by atoms with Crippen LogP contribution in [0.1, 0.15) is 56.3 Å². The van der Waals surface area contributed by atoms with Gasteiger partial charge in [-0.05, 0) is 51.2 Å². The Balaban J connectivity index is 1.97. The lowest BCUT2D eigenvalue weighted by Gasteiger charge is -2.24. The number of hydrogen-bond acceptors (Lipinski definition) is 7. The molecule has 1 fully saturated rings. The molecule has 1 amide bonds. The van der Waals surface area contributed by atoms with E-state index in [0.29, 0.717) is 22.8 Å². The number of nitrogens with zero attached hydrogens (tertiary/aromatic N) is 2.